The average Bonchev–Trinajstić information content (AvgIpc) is 3.30. The summed E-state index contributed by atoms with van der Waals surface area (Å²) in [5.74, 6) is -0.600. The van der Waals surface area contributed by atoms with E-state index in [1.165, 1.54) is 0 Å². The van der Waals surface area contributed by atoms with Gasteiger partial charge < -0.3 is 10.4 Å². The standard InChI is InChI=1S/C23H21N3O3S2/c1-3-14-6-4-9-18-15(12-24-21(14)18)10-19-22(28)26(23(29)31-19)13-20(27)25-16-7-5-8-17(11-16)30-2/h4-12,28H,3,13H2,1-2H3,(H,25,27). The number of allylic oxidation sites excluding steroid dienone is 1. The number of hydrogen-bond acceptors (Lipinski definition) is 6. The lowest BCUT2D eigenvalue weighted by Crippen LogP contribution is -2.24. The molecule has 3 aromatic rings. The van der Waals surface area contributed by atoms with Crippen LogP contribution < -0.4 is 10.2 Å². The number of aliphatic imine (C=N–C) groups is 1. The van der Waals surface area contributed by atoms with Crippen LogP contribution in [0.2, 0.25) is 0 Å². The van der Waals surface area contributed by atoms with Gasteiger partial charge in [0.05, 0.1) is 10.6 Å². The van der Waals surface area contributed by atoms with Crippen molar-refractivity contribution in [2.75, 3.05) is 11.6 Å². The largest absolute Gasteiger partial charge is 0.493 e. The van der Waals surface area contributed by atoms with Crippen molar-refractivity contribution >= 4 is 58.2 Å². The molecule has 2 heterocycles. The minimum absolute atomic E-state index is 0.219. The summed E-state index contributed by atoms with van der Waals surface area (Å²) in [4.78, 5) is 30.4. The lowest BCUT2D eigenvalue weighted by Gasteiger charge is -2.07. The van der Waals surface area contributed by atoms with E-state index in [1.54, 1.807) is 30.1 Å². The lowest BCUT2D eigenvalue weighted by atomic mass is 10.0. The van der Waals surface area contributed by atoms with Crippen LogP contribution in [0.15, 0.2) is 57.1 Å². The molecule has 0 saturated carbocycles. The number of hydrogen-bond donors (Lipinski definition) is 2. The number of aromatic nitrogens is 1. The Morgan fingerprint density at radius 2 is 2.10 bits per heavy atom. The molecule has 0 bridgehead atoms. The van der Waals surface area contributed by atoms with E-state index >= 15 is 0 Å². The number of carbonyl (C=O) groups is 1. The van der Waals surface area contributed by atoms with Gasteiger partial charge in [-0.05, 0) is 42.5 Å². The van der Waals surface area contributed by atoms with Crippen LogP contribution in [0, 0.1) is 0 Å². The normalized spacial score (nSPS) is 13.5. The summed E-state index contributed by atoms with van der Waals surface area (Å²) >= 11 is 2.48. The fourth-order valence-corrected chi connectivity index (χ4v) is 4.71. The van der Waals surface area contributed by atoms with Gasteiger partial charge in [0.25, 0.3) is 0 Å². The van der Waals surface area contributed by atoms with E-state index in [0.717, 1.165) is 49.6 Å². The summed E-state index contributed by atoms with van der Waals surface area (Å²) < 4.78 is 1.08. The van der Waals surface area contributed by atoms with Crippen LogP contribution >= 0.6 is 23.1 Å². The number of rotatable bonds is 6. The molecule has 2 aromatic carbocycles. The van der Waals surface area contributed by atoms with E-state index in [2.05, 4.69) is 17.2 Å². The fraction of sp³-hybridized carbons (Fsp3) is 0.174. The Morgan fingerprint density at radius 1 is 1.29 bits per heavy atom. The van der Waals surface area contributed by atoms with Crippen LogP contribution in [0.3, 0.4) is 0 Å². The van der Waals surface area contributed by atoms with Gasteiger partial charge in [-0.25, -0.2) is 0 Å². The number of aryl methyl sites for hydroxylation is 1. The van der Waals surface area contributed by atoms with Crippen LogP contribution in [0.5, 0.6) is 5.88 Å². The van der Waals surface area contributed by atoms with E-state index < -0.39 is 4.87 Å². The van der Waals surface area contributed by atoms with Gasteiger partial charge >= 0.3 is 4.87 Å². The van der Waals surface area contributed by atoms with Gasteiger partial charge in [0, 0.05) is 27.9 Å². The molecular formula is C23H21N3O3S2. The van der Waals surface area contributed by atoms with Crippen molar-refractivity contribution in [1.29, 1.82) is 0 Å². The van der Waals surface area contributed by atoms with Crippen molar-refractivity contribution in [3.8, 4) is 5.88 Å². The molecule has 31 heavy (non-hydrogen) atoms. The number of aromatic hydroxyl groups is 1. The van der Waals surface area contributed by atoms with Gasteiger partial charge in [0.15, 0.2) is 0 Å². The highest BCUT2D eigenvalue weighted by Gasteiger charge is 2.19. The van der Waals surface area contributed by atoms with Gasteiger partial charge in [-0.15, -0.1) is 11.8 Å². The van der Waals surface area contributed by atoms with E-state index in [-0.39, 0.29) is 18.3 Å². The first-order valence-electron chi connectivity index (χ1n) is 9.74. The first-order valence-corrected chi connectivity index (χ1v) is 11.8. The van der Waals surface area contributed by atoms with Crippen molar-refractivity contribution in [3.05, 3.63) is 68.1 Å². The molecule has 158 valence electrons. The minimum Gasteiger partial charge on any atom is -0.493 e. The molecule has 4 rings (SSSR count). The van der Waals surface area contributed by atoms with Crippen LogP contribution in [0.4, 0.5) is 11.4 Å². The number of amides is 1. The Labute approximate surface area is 188 Å². The minimum atomic E-state index is -0.394. The third-order valence-electron chi connectivity index (χ3n) is 4.98. The first kappa shape index (κ1) is 21.1. The van der Waals surface area contributed by atoms with Crippen molar-refractivity contribution in [1.82, 2.24) is 4.57 Å². The number of thiazole rings is 1. The number of anilines is 1. The molecule has 0 fully saturated rings. The van der Waals surface area contributed by atoms with Crippen LogP contribution in [-0.2, 0) is 17.8 Å². The molecule has 0 radical (unpaired) electrons. The molecule has 0 unspecified atom stereocenters. The Bertz CT molecular complexity index is 1270. The number of fused-ring (bicyclic) bond motifs is 1. The summed E-state index contributed by atoms with van der Waals surface area (Å²) in [5, 5.41) is 13.4. The van der Waals surface area contributed by atoms with E-state index in [1.807, 2.05) is 42.7 Å². The molecule has 1 amide bonds. The number of benzene rings is 2. The van der Waals surface area contributed by atoms with Gasteiger partial charge in [-0.3, -0.25) is 19.1 Å². The summed E-state index contributed by atoms with van der Waals surface area (Å²) in [6.45, 7) is 1.81. The molecular weight excluding hydrogens is 430 g/mol. The predicted octanol–water partition coefficient (Wildman–Crippen LogP) is 4.79. The van der Waals surface area contributed by atoms with Crippen LogP contribution in [-0.4, -0.2) is 28.1 Å². The Kier molecular flexibility index (Phi) is 6.11. The SMILES string of the molecule is CCc1cccc2c1N=CC2=Cc1sc(=O)n(CC(=O)Nc2cccc(SC)c2)c1O. The van der Waals surface area contributed by atoms with Crippen molar-refractivity contribution in [2.24, 2.45) is 4.99 Å². The fourth-order valence-electron chi connectivity index (χ4n) is 3.41. The molecule has 1 aliphatic rings. The van der Waals surface area contributed by atoms with Crippen molar-refractivity contribution in [2.45, 2.75) is 24.8 Å². The first-order chi connectivity index (χ1) is 15.0. The quantitative estimate of drug-likeness (QED) is 0.528. The maximum atomic E-state index is 12.5. The second kappa shape index (κ2) is 8.95. The second-order valence-electron chi connectivity index (χ2n) is 6.95. The molecule has 0 spiro atoms. The monoisotopic (exact) mass is 451 g/mol. The van der Waals surface area contributed by atoms with Crippen molar-refractivity contribution in [3.63, 3.8) is 0 Å². The summed E-state index contributed by atoms with van der Waals surface area (Å²) in [6, 6.07) is 13.4. The molecule has 0 atom stereocenters. The number of para-hydroxylation sites is 1. The number of thioether (sulfide) groups is 1. The smallest absolute Gasteiger partial charge is 0.311 e. The molecule has 1 aliphatic heterocycles. The maximum absolute atomic E-state index is 12.5. The van der Waals surface area contributed by atoms with Gasteiger partial charge in [-0.1, -0.05) is 42.5 Å². The Morgan fingerprint density at radius 3 is 2.87 bits per heavy atom. The zero-order valence-electron chi connectivity index (χ0n) is 17.1. The molecule has 6 nitrogen and oxygen atoms in total. The number of carbonyl (C=O) groups excluding carboxylic acids is 1. The third kappa shape index (κ3) is 4.35. The van der Waals surface area contributed by atoms with Gasteiger partial charge in [0.1, 0.15) is 6.54 Å². The highest BCUT2D eigenvalue weighted by molar-refractivity contribution is 7.98. The topological polar surface area (TPSA) is 83.7 Å². The predicted molar refractivity (Wildman–Crippen MR) is 129 cm³/mol. The summed E-state index contributed by atoms with van der Waals surface area (Å²) in [7, 11) is 0. The second-order valence-corrected chi connectivity index (χ2v) is 8.82. The van der Waals surface area contributed by atoms with E-state index in [9.17, 15) is 14.7 Å². The third-order valence-corrected chi connectivity index (χ3v) is 6.62. The Hall–Kier alpha value is -3.10. The van der Waals surface area contributed by atoms with Crippen molar-refractivity contribution < 1.29 is 9.90 Å². The molecule has 8 heteroatoms. The highest BCUT2D eigenvalue weighted by Crippen LogP contribution is 2.37. The zero-order valence-corrected chi connectivity index (χ0v) is 18.7. The highest BCUT2D eigenvalue weighted by atomic mass is 32.2. The van der Waals surface area contributed by atoms with Crippen LogP contribution in [0.1, 0.15) is 22.9 Å². The van der Waals surface area contributed by atoms with Gasteiger partial charge in [0.2, 0.25) is 11.8 Å². The molecule has 2 N–H and O–H groups in total. The van der Waals surface area contributed by atoms with Gasteiger partial charge in [-0.2, -0.15) is 0 Å². The summed E-state index contributed by atoms with van der Waals surface area (Å²) in [6.07, 6.45) is 6.31. The molecule has 1 aromatic heterocycles. The molecule has 0 saturated heterocycles. The lowest BCUT2D eigenvalue weighted by molar-refractivity contribution is -0.116. The van der Waals surface area contributed by atoms with E-state index in [0.29, 0.717) is 10.6 Å². The average molecular weight is 452 g/mol. The number of nitrogens with one attached hydrogen (secondary N) is 1. The number of nitrogens with zero attached hydrogens (tertiary/aromatic N) is 2. The maximum Gasteiger partial charge on any atom is 0.311 e. The Balaban J connectivity index is 1.56. The molecule has 0 aliphatic carbocycles. The zero-order chi connectivity index (χ0) is 22.0. The summed E-state index contributed by atoms with van der Waals surface area (Å²) in [5.41, 5.74) is 4.51. The van der Waals surface area contributed by atoms with Crippen LogP contribution in [0.25, 0.3) is 11.6 Å². The van der Waals surface area contributed by atoms with E-state index in [4.69, 9.17) is 0 Å².